The number of rotatable bonds is 10. The maximum Gasteiger partial charge on any atom is 0.310 e. The third kappa shape index (κ3) is 7.38. The normalized spacial score (nSPS) is 12.3. The number of thiazole rings is 1. The fraction of sp³-hybridized carbons (Fsp3) is 0.562. The van der Waals surface area contributed by atoms with Crippen molar-refractivity contribution in [2.45, 2.75) is 20.3 Å². The molecule has 1 unspecified atom stereocenters. The zero-order chi connectivity index (χ0) is 17.1. The van der Waals surface area contributed by atoms with E-state index in [0.717, 1.165) is 12.1 Å². The SMILES string of the molecule is CCOCCCN(CC(C)C(=O)OC)C(=O)/C=C/c1cscn1. The average molecular weight is 340 g/mol. The maximum atomic E-state index is 12.4. The summed E-state index contributed by atoms with van der Waals surface area (Å²) in [5, 5.41) is 1.86. The van der Waals surface area contributed by atoms with E-state index in [9.17, 15) is 9.59 Å². The molecule has 6 nitrogen and oxygen atoms in total. The second kappa shape index (κ2) is 10.9. The largest absolute Gasteiger partial charge is 0.469 e. The van der Waals surface area contributed by atoms with Crippen molar-refractivity contribution in [1.82, 2.24) is 9.88 Å². The molecule has 1 aromatic rings. The number of hydrogen-bond acceptors (Lipinski definition) is 6. The lowest BCUT2D eigenvalue weighted by atomic mass is 10.1. The van der Waals surface area contributed by atoms with Gasteiger partial charge in [0.15, 0.2) is 0 Å². The van der Waals surface area contributed by atoms with Crippen molar-refractivity contribution in [1.29, 1.82) is 0 Å². The number of hydrogen-bond donors (Lipinski definition) is 0. The fourth-order valence-electron chi connectivity index (χ4n) is 1.97. The summed E-state index contributed by atoms with van der Waals surface area (Å²) >= 11 is 1.47. The molecule has 0 N–H and O–H groups in total. The van der Waals surface area contributed by atoms with E-state index in [1.54, 1.807) is 23.4 Å². The minimum Gasteiger partial charge on any atom is -0.469 e. The Morgan fingerprint density at radius 2 is 2.26 bits per heavy atom. The summed E-state index contributed by atoms with van der Waals surface area (Å²) in [6, 6.07) is 0. The van der Waals surface area contributed by atoms with Crippen molar-refractivity contribution in [3.8, 4) is 0 Å². The molecule has 0 saturated carbocycles. The fourth-order valence-corrected chi connectivity index (χ4v) is 2.49. The molecule has 0 fully saturated rings. The molecule has 1 aromatic heterocycles. The molecule has 1 atom stereocenters. The van der Waals surface area contributed by atoms with Gasteiger partial charge in [0.2, 0.25) is 5.91 Å². The predicted molar refractivity (Wildman–Crippen MR) is 90.0 cm³/mol. The van der Waals surface area contributed by atoms with E-state index < -0.39 is 0 Å². The third-order valence-corrected chi connectivity index (χ3v) is 3.78. The summed E-state index contributed by atoms with van der Waals surface area (Å²) in [6.07, 6.45) is 3.88. The highest BCUT2D eigenvalue weighted by Crippen LogP contribution is 2.07. The quantitative estimate of drug-likeness (QED) is 0.371. The van der Waals surface area contributed by atoms with Crippen LogP contribution in [0.25, 0.3) is 6.08 Å². The molecule has 1 rings (SSSR count). The second-order valence-corrected chi connectivity index (χ2v) is 5.72. The predicted octanol–water partition coefficient (Wildman–Crippen LogP) is 2.22. The zero-order valence-corrected chi connectivity index (χ0v) is 14.7. The number of ether oxygens (including phenoxy) is 2. The minimum absolute atomic E-state index is 0.148. The van der Waals surface area contributed by atoms with Crippen LogP contribution in [0.1, 0.15) is 26.0 Å². The van der Waals surface area contributed by atoms with Crippen molar-refractivity contribution in [3.63, 3.8) is 0 Å². The van der Waals surface area contributed by atoms with E-state index in [1.165, 1.54) is 24.5 Å². The van der Waals surface area contributed by atoms with E-state index >= 15 is 0 Å². The lowest BCUT2D eigenvalue weighted by Gasteiger charge is -2.23. The van der Waals surface area contributed by atoms with Gasteiger partial charge in [0.05, 0.1) is 24.2 Å². The monoisotopic (exact) mass is 340 g/mol. The van der Waals surface area contributed by atoms with Gasteiger partial charge in [-0.05, 0) is 19.4 Å². The number of carbonyl (C=O) groups is 2. The zero-order valence-electron chi connectivity index (χ0n) is 13.9. The highest BCUT2D eigenvalue weighted by atomic mass is 32.1. The molecule has 0 bridgehead atoms. The maximum absolute atomic E-state index is 12.4. The van der Waals surface area contributed by atoms with Crippen LogP contribution in [0.4, 0.5) is 0 Å². The lowest BCUT2D eigenvalue weighted by Crippen LogP contribution is -2.37. The molecular weight excluding hydrogens is 316 g/mol. The molecule has 1 heterocycles. The summed E-state index contributed by atoms with van der Waals surface area (Å²) in [5.74, 6) is -0.843. The molecule has 0 aliphatic rings. The molecule has 0 aliphatic carbocycles. The van der Waals surface area contributed by atoms with Crippen LogP contribution in [0.3, 0.4) is 0 Å². The molecule has 0 radical (unpaired) electrons. The summed E-state index contributed by atoms with van der Waals surface area (Å²) < 4.78 is 10.0. The third-order valence-electron chi connectivity index (χ3n) is 3.18. The molecule has 23 heavy (non-hydrogen) atoms. The molecule has 1 amide bonds. The van der Waals surface area contributed by atoms with Crippen LogP contribution in [0.5, 0.6) is 0 Å². The number of methoxy groups -OCH3 is 1. The first kappa shape index (κ1) is 19.3. The first-order valence-electron chi connectivity index (χ1n) is 7.59. The van der Waals surface area contributed by atoms with Crippen LogP contribution in [-0.2, 0) is 19.1 Å². The van der Waals surface area contributed by atoms with E-state index in [-0.39, 0.29) is 17.8 Å². The summed E-state index contributed by atoms with van der Waals surface area (Å²) in [5.41, 5.74) is 2.46. The van der Waals surface area contributed by atoms with Crippen LogP contribution in [0, 0.1) is 5.92 Å². The Balaban J connectivity index is 2.64. The van der Waals surface area contributed by atoms with Crippen LogP contribution >= 0.6 is 11.3 Å². The van der Waals surface area contributed by atoms with Crippen molar-refractivity contribution in [2.24, 2.45) is 5.92 Å². The van der Waals surface area contributed by atoms with Gasteiger partial charge in [-0.3, -0.25) is 9.59 Å². The summed E-state index contributed by atoms with van der Waals surface area (Å²) in [4.78, 5) is 29.7. The molecule has 0 spiro atoms. The number of nitrogens with zero attached hydrogens (tertiary/aromatic N) is 2. The number of aromatic nitrogens is 1. The second-order valence-electron chi connectivity index (χ2n) is 5.01. The minimum atomic E-state index is -0.372. The van der Waals surface area contributed by atoms with Crippen LogP contribution in [0.15, 0.2) is 17.0 Å². The van der Waals surface area contributed by atoms with E-state index in [2.05, 4.69) is 4.98 Å². The first-order chi connectivity index (χ1) is 11.1. The Hall–Kier alpha value is -1.73. The smallest absolute Gasteiger partial charge is 0.310 e. The Morgan fingerprint density at radius 3 is 2.87 bits per heavy atom. The summed E-state index contributed by atoms with van der Waals surface area (Å²) in [6.45, 7) is 5.76. The molecule has 7 heteroatoms. The lowest BCUT2D eigenvalue weighted by molar-refractivity contribution is -0.146. The topological polar surface area (TPSA) is 68.7 Å². The van der Waals surface area contributed by atoms with Gasteiger partial charge in [0, 0.05) is 37.8 Å². The van der Waals surface area contributed by atoms with Gasteiger partial charge < -0.3 is 14.4 Å². The van der Waals surface area contributed by atoms with Gasteiger partial charge in [-0.2, -0.15) is 0 Å². The molecule has 0 aromatic carbocycles. The Kier molecular flexibility index (Phi) is 9.16. The summed E-state index contributed by atoms with van der Waals surface area (Å²) in [7, 11) is 1.35. The number of carbonyl (C=O) groups excluding carboxylic acids is 2. The van der Waals surface area contributed by atoms with Gasteiger partial charge in [0.1, 0.15) is 0 Å². The molecule has 0 aliphatic heterocycles. The number of amides is 1. The van der Waals surface area contributed by atoms with Crippen LogP contribution in [-0.4, -0.2) is 55.2 Å². The van der Waals surface area contributed by atoms with Gasteiger partial charge in [-0.25, -0.2) is 4.98 Å². The molecule has 0 saturated heterocycles. The van der Waals surface area contributed by atoms with E-state index in [4.69, 9.17) is 9.47 Å². The van der Waals surface area contributed by atoms with Crippen LogP contribution in [0.2, 0.25) is 0 Å². The van der Waals surface area contributed by atoms with Crippen LogP contribution < -0.4 is 0 Å². The van der Waals surface area contributed by atoms with Gasteiger partial charge in [0.25, 0.3) is 0 Å². The van der Waals surface area contributed by atoms with Gasteiger partial charge >= 0.3 is 5.97 Å². The number of esters is 1. The Labute approximate surface area is 141 Å². The Morgan fingerprint density at radius 1 is 1.48 bits per heavy atom. The van der Waals surface area contributed by atoms with Crippen molar-refractivity contribution in [3.05, 3.63) is 22.7 Å². The van der Waals surface area contributed by atoms with Gasteiger partial charge in [-0.1, -0.05) is 6.92 Å². The van der Waals surface area contributed by atoms with Crippen molar-refractivity contribution < 1.29 is 19.1 Å². The Bertz CT molecular complexity index is 502. The average Bonchev–Trinajstić information content (AvgIpc) is 3.07. The first-order valence-corrected chi connectivity index (χ1v) is 8.53. The van der Waals surface area contributed by atoms with Gasteiger partial charge in [-0.15, -0.1) is 11.3 Å². The van der Waals surface area contributed by atoms with E-state index in [0.29, 0.717) is 26.3 Å². The standard InChI is InChI=1S/C16H24N2O4S/c1-4-22-9-5-8-18(10-13(2)16(20)21-3)15(19)7-6-14-11-23-12-17-14/h6-7,11-13H,4-5,8-10H2,1-3H3/b7-6+. The van der Waals surface area contributed by atoms with Crippen molar-refractivity contribution >= 4 is 29.3 Å². The van der Waals surface area contributed by atoms with E-state index in [1.807, 2.05) is 12.3 Å². The molecule has 128 valence electrons. The van der Waals surface area contributed by atoms with Crippen molar-refractivity contribution in [2.75, 3.05) is 33.4 Å². The molecular formula is C16H24N2O4S. The highest BCUT2D eigenvalue weighted by molar-refractivity contribution is 7.07. The highest BCUT2D eigenvalue weighted by Gasteiger charge is 2.20.